The molecule has 0 aromatic heterocycles. The molecule has 0 heterocycles. The molecule has 0 aliphatic heterocycles. The summed E-state index contributed by atoms with van der Waals surface area (Å²) in [6.07, 6.45) is 0.975. The molecule has 0 rings (SSSR count). The normalized spacial score (nSPS) is 9.67. The quantitative estimate of drug-likeness (QED) is 0.147. The van der Waals surface area contributed by atoms with Gasteiger partial charge in [-0.2, -0.15) is 0 Å². The molecule has 9 heteroatoms. The van der Waals surface area contributed by atoms with Crippen molar-refractivity contribution in [3.8, 4) is 0 Å². The second kappa shape index (κ2) is 14.3. The summed E-state index contributed by atoms with van der Waals surface area (Å²) < 4.78 is 0. The van der Waals surface area contributed by atoms with Gasteiger partial charge in [-0.05, 0) is 12.8 Å². The van der Waals surface area contributed by atoms with Gasteiger partial charge in [0.1, 0.15) is 6.04 Å². The third-order valence-corrected chi connectivity index (χ3v) is 1.32. The first kappa shape index (κ1) is 24.5. The number of nitrogens with two attached hydrogens (primary N) is 2. The molecule has 6 nitrogen and oxygen atoms in total. The SMILES string of the molecule is Cl.N=C(N)NCCC[C@H](N)C(=O)O.[Cl-].[Na+]. The molecule has 0 saturated heterocycles. The molecule has 0 aliphatic carbocycles. The van der Waals surface area contributed by atoms with Gasteiger partial charge in [0, 0.05) is 6.54 Å². The summed E-state index contributed by atoms with van der Waals surface area (Å²) in [4.78, 5) is 10.2. The van der Waals surface area contributed by atoms with Crippen molar-refractivity contribution < 1.29 is 51.9 Å². The van der Waals surface area contributed by atoms with Crippen LogP contribution in [0.3, 0.4) is 0 Å². The van der Waals surface area contributed by atoms with Crippen molar-refractivity contribution in [2.45, 2.75) is 18.9 Å². The second-order valence-corrected chi connectivity index (χ2v) is 2.43. The van der Waals surface area contributed by atoms with E-state index < -0.39 is 12.0 Å². The van der Waals surface area contributed by atoms with Crippen molar-refractivity contribution in [2.24, 2.45) is 11.5 Å². The zero-order valence-electron chi connectivity index (χ0n) is 8.50. The van der Waals surface area contributed by atoms with Gasteiger partial charge in [0.25, 0.3) is 0 Å². The van der Waals surface area contributed by atoms with Crippen LogP contribution in [0, 0.1) is 5.41 Å². The van der Waals surface area contributed by atoms with Crippen LogP contribution in [0.15, 0.2) is 0 Å². The molecule has 86 valence electrons. The number of rotatable bonds is 5. The number of carboxylic acid groups (broad SMARTS) is 1. The molecule has 15 heavy (non-hydrogen) atoms. The molecule has 0 radical (unpaired) electrons. The van der Waals surface area contributed by atoms with Crippen molar-refractivity contribution in [1.82, 2.24) is 5.32 Å². The van der Waals surface area contributed by atoms with Crippen LogP contribution in [0.5, 0.6) is 0 Å². The number of carbonyl (C=O) groups is 1. The van der Waals surface area contributed by atoms with Crippen molar-refractivity contribution in [1.29, 1.82) is 5.41 Å². The molecule has 0 spiro atoms. The van der Waals surface area contributed by atoms with Crippen LogP contribution in [-0.2, 0) is 4.79 Å². The number of nitrogens with one attached hydrogen (secondary N) is 2. The van der Waals surface area contributed by atoms with Gasteiger partial charge in [-0.25, -0.2) is 0 Å². The Kier molecular flexibility index (Phi) is 23.3. The molecule has 0 aromatic rings. The largest absolute Gasteiger partial charge is 1.00 e. The molecule has 7 N–H and O–H groups in total. The maximum absolute atomic E-state index is 10.2. The van der Waals surface area contributed by atoms with Crippen LogP contribution < -0.4 is 58.7 Å². The minimum absolute atomic E-state index is 0. The summed E-state index contributed by atoms with van der Waals surface area (Å²) in [5.74, 6) is -1.11. The summed E-state index contributed by atoms with van der Waals surface area (Å²) >= 11 is 0. The van der Waals surface area contributed by atoms with Crippen LogP contribution >= 0.6 is 12.4 Å². The Labute approximate surface area is 123 Å². The molecule has 0 aromatic carbocycles. The Balaban J connectivity index is -0.000000202. The first-order valence-electron chi connectivity index (χ1n) is 3.60. The van der Waals surface area contributed by atoms with Gasteiger partial charge in [-0.3, -0.25) is 10.2 Å². The Morgan fingerprint density at radius 3 is 2.33 bits per heavy atom. The molecule has 0 unspecified atom stereocenters. The molecule has 0 aliphatic rings. The fraction of sp³-hybridized carbons (Fsp3) is 0.667. The maximum Gasteiger partial charge on any atom is 1.00 e. The monoisotopic (exact) mass is 268 g/mol. The number of guanidine groups is 1. The molecule has 1 atom stereocenters. The summed E-state index contributed by atoms with van der Waals surface area (Å²) in [5.41, 5.74) is 10.2. The van der Waals surface area contributed by atoms with Gasteiger partial charge in [0.15, 0.2) is 5.96 Å². The van der Waals surface area contributed by atoms with Gasteiger partial charge in [-0.15, -0.1) is 12.4 Å². The van der Waals surface area contributed by atoms with Gasteiger partial charge in [-0.1, -0.05) is 0 Å². The van der Waals surface area contributed by atoms with Crippen molar-refractivity contribution in [2.75, 3.05) is 6.54 Å². The van der Waals surface area contributed by atoms with E-state index in [1.54, 1.807) is 0 Å². The van der Waals surface area contributed by atoms with E-state index in [9.17, 15) is 4.79 Å². The summed E-state index contributed by atoms with van der Waals surface area (Å²) in [7, 11) is 0. The Bertz CT molecular complexity index is 185. The minimum atomic E-state index is -1.00. The van der Waals surface area contributed by atoms with Gasteiger partial charge >= 0.3 is 35.5 Å². The molecular formula is C6H15Cl2N4NaO2. The average Bonchev–Trinajstić information content (AvgIpc) is 1.97. The van der Waals surface area contributed by atoms with E-state index in [1.807, 2.05) is 0 Å². The van der Waals surface area contributed by atoms with Gasteiger partial charge < -0.3 is 34.3 Å². The van der Waals surface area contributed by atoms with E-state index in [0.717, 1.165) is 0 Å². The molecule has 0 fully saturated rings. The van der Waals surface area contributed by atoms with E-state index in [-0.39, 0.29) is 60.3 Å². The summed E-state index contributed by atoms with van der Waals surface area (Å²) in [5, 5.41) is 17.7. The van der Waals surface area contributed by atoms with Crippen LogP contribution in [0.25, 0.3) is 0 Å². The topological polar surface area (TPSA) is 125 Å². The number of carboxylic acids is 1. The van der Waals surface area contributed by atoms with Gasteiger partial charge in [0.2, 0.25) is 0 Å². The summed E-state index contributed by atoms with van der Waals surface area (Å²) in [6.45, 7) is 0.482. The van der Waals surface area contributed by atoms with Crippen molar-refractivity contribution in [3.05, 3.63) is 0 Å². The number of halogens is 2. The molecule has 0 amide bonds. The zero-order chi connectivity index (χ0) is 9.56. The van der Waals surface area contributed by atoms with E-state index in [1.165, 1.54) is 0 Å². The number of hydrogen-bond acceptors (Lipinski definition) is 3. The van der Waals surface area contributed by atoms with E-state index >= 15 is 0 Å². The summed E-state index contributed by atoms with van der Waals surface area (Å²) in [6, 6.07) is -0.821. The minimum Gasteiger partial charge on any atom is -1.00 e. The standard InChI is InChI=1S/C6H14N4O2.2ClH.Na/c7-4(5(11)12)2-1-3-10-6(8)9;;;/h4H,1-3,7H2,(H,11,12)(H4,8,9,10);2*1H;/q;;;+1/p-1/t4-;;;/m0.../s1. The van der Waals surface area contributed by atoms with Crippen LogP contribution in [0.2, 0.25) is 0 Å². The smallest absolute Gasteiger partial charge is 1.00 e. The third kappa shape index (κ3) is 16.9. The molecule has 0 saturated carbocycles. The molecular weight excluding hydrogens is 254 g/mol. The predicted molar refractivity (Wildman–Crippen MR) is 52.0 cm³/mol. The van der Waals surface area contributed by atoms with Crippen molar-refractivity contribution >= 4 is 24.3 Å². The second-order valence-electron chi connectivity index (χ2n) is 2.43. The maximum atomic E-state index is 10.2. The number of hydrogen-bond donors (Lipinski definition) is 5. The van der Waals surface area contributed by atoms with Crippen LogP contribution in [0.1, 0.15) is 12.8 Å². The first-order chi connectivity index (χ1) is 5.54. The Morgan fingerprint density at radius 1 is 1.53 bits per heavy atom. The Hall–Kier alpha value is 0.280. The molecule has 0 bridgehead atoms. The number of aliphatic carboxylic acids is 1. The van der Waals surface area contributed by atoms with Gasteiger partial charge in [0.05, 0.1) is 0 Å². The first-order valence-corrected chi connectivity index (χ1v) is 3.60. The Morgan fingerprint density at radius 2 is 2.00 bits per heavy atom. The zero-order valence-corrected chi connectivity index (χ0v) is 12.1. The third-order valence-electron chi connectivity index (χ3n) is 1.32. The van der Waals surface area contributed by atoms with Crippen LogP contribution in [0.4, 0.5) is 0 Å². The van der Waals surface area contributed by atoms with Crippen LogP contribution in [-0.4, -0.2) is 29.6 Å². The fourth-order valence-electron chi connectivity index (χ4n) is 0.669. The van der Waals surface area contributed by atoms with E-state index in [0.29, 0.717) is 19.4 Å². The average molecular weight is 269 g/mol. The van der Waals surface area contributed by atoms with Crippen molar-refractivity contribution in [3.63, 3.8) is 0 Å². The predicted octanol–water partition coefficient (Wildman–Crippen LogP) is -6.91. The fourth-order valence-corrected chi connectivity index (χ4v) is 0.669. The van der Waals surface area contributed by atoms with E-state index in [4.69, 9.17) is 22.0 Å². The van der Waals surface area contributed by atoms with E-state index in [2.05, 4.69) is 5.32 Å².